The summed E-state index contributed by atoms with van der Waals surface area (Å²) in [7, 11) is 1.47. The van der Waals surface area contributed by atoms with E-state index in [-0.39, 0.29) is 22.7 Å². The number of carbonyl (C=O) groups excluding carboxylic acids is 2. The number of hydrogen-bond donors (Lipinski definition) is 0. The summed E-state index contributed by atoms with van der Waals surface area (Å²) in [5, 5.41) is 0. The number of rotatable bonds is 3. The molecule has 6 fully saturated rings. The van der Waals surface area contributed by atoms with Crippen LogP contribution in [0.15, 0.2) is 0 Å². The van der Waals surface area contributed by atoms with E-state index in [1.807, 2.05) is 0 Å². The molecular weight excluding hydrogens is 352 g/mol. The molecule has 6 rings (SSSR count). The van der Waals surface area contributed by atoms with Gasteiger partial charge < -0.3 is 9.47 Å². The second-order valence-corrected chi connectivity index (χ2v) is 11.2. The fourth-order valence-corrected chi connectivity index (χ4v) is 9.08. The molecular formula is C24H36O4. The maximum Gasteiger partial charge on any atom is 0.305 e. The van der Waals surface area contributed by atoms with Crippen molar-refractivity contribution in [3.05, 3.63) is 0 Å². The van der Waals surface area contributed by atoms with Gasteiger partial charge in [-0.05, 0) is 80.0 Å². The second kappa shape index (κ2) is 6.06. The molecule has 0 aromatic rings. The van der Waals surface area contributed by atoms with Gasteiger partial charge in [0.05, 0.1) is 13.2 Å². The van der Waals surface area contributed by atoms with Crippen LogP contribution in [0.3, 0.4) is 0 Å². The van der Waals surface area contributed by atoms with Gasteiger partial charge in [-0.1, -0.05) is 20.8 Å². The number of methoxy groups -OCH3 is 1. The lowest BCUT2D eigenvalue weighted by atomic mass is 9.40. The Kier molecular flexibility index (Phi) is 4.13. The van der Waals surface area contributed by atoms with E-state index < -0.39 is 5.60 Å². The molecule has 4 nitrogen and oxygen atoms in total. The van der Waals surface area contributed by atoms with Crippen LogP contribution < -0.4 is 0 Å². The topological polar surface area (TPSA) is 52.6 Å². The summed E-state index contributed by atoms with van der Waals surface area (Å²) in [6.45, 7) is 6.91. The minimum absolute atomic E-state index is 0.00366. The van der Waals surface area contributed by atoms with Crippen LogP contribution in [0.2, 0.25) is 0 Å². The van der Waals surface area contributed by atoms with Crippen LogP contribution in [-0.4, -0.2) is 30.6 Å². The lowest BCUT2D eigenvalue weighted by molar-refractivity contribution is -0.307. The van der Waals surface area contributed by atoms with Gasteiger partial charge in [0.1, 0.15) is 5.60 Å². The molecule has 0 aromatic carbocycles. The Morgan fingerprint density at radius 1 is 1.18 bits per heavy atom. The minimum Gasteiger partial charge on any atom is -0.469 e. The number of hydrogen-bond acceptors (Lipinski definition) is 4. The van der Waals surface area contributed by atoms with Crippen molar-refractivity contribution in [2.75, 3.05) is 7.11 Å². The normalized spacial score (nSPS) is 52.7. The quantitative estimate of drug-likeness (QED) is 0.666. The molecule has 0 radical (unpaired) electrons. The van der Waals surface area contributed by atoms with E-state index in [9.17, 15) is 9.59 Å². The van der Waals surface area contributed by atoms with Crippen LogP contribution in [0.1, 0.15) is 78.6 Å². The highest BCUT2D eigenvalue weighted by Gasteiger charge is 2.74. The minimum atomic E-state index is -0.512. The van der Waals surface area contributed by atoms with Gasteiger partial charge in [0.15, 0.2) is 5.78 Å². The van der Waals surface area contributed by atoms with E-state index in [2.05, 4.69) is 20.8 Å². The molecule has 4 aliphatic carbocycles. The maximum absolute atomic E-state index is 13.9. The molecule has 4 bridgehead atoms. The van der Waals surface area contributed by atoms with Crippen LogP contribution in [0.4, 0.5) is 0 Å². The van der Waals surface area contributed by atoms with Gasteiger partial charge in [0.2, 0.25) is 0 Å². The number of fused-ring (bicyclic) bond motifs is 3. The van der Waals surface area contributed by atoms with E-state index in [1.54, 1.807) is 0 Å². The van der Waals surface area contributed by atoms with Crippen LogP contribution >= 0.6 is 0 Å². The first-order valence-electron chi connectivity index (χ1n) is 11.5. The third kappa shape index (κ3) is 2.16. The van der Waals surface area contributed by atoms with Crippen molar-refractivity contribution in [1.29, 1.82) is 0 Å². The first-order valence-corrected chi connectivity index (χ1v) is 11.5. The van der Waals surface area contributed by atoms with Crippen molar-refractivity contribution in [3.8, 4) is 0 Å². The molecule has 2 heterocycles. The summed E-state index contributed by atoms with van der Waals surface area (Å²) < 4.78 is 11.7. The van der Waals surface area contributed by atoms with Crippen molar-refractivity contribution in [3.63, 3.8) is 0 Å². The van der Waals surface area contributed by atoms with Crippen molar-refractivity contribution in [2.45, 2.75) is 90.3 Å². The summed E-state index contributed by atoms with van der Waals surface area (Å²) >= 11 is 0. The highest BCUT2D eigenvalue weighted by atomic mass is 16.5. The van der Waals surface area contributed by atoms with E-state index in [0.29, 0.717) is 48.4 Å². The van der Waals surface area contributed by atoms with E-state index in [1.165, 1.54) is 26.4 Å². The number of ether oxygens (including phenoxy) is 2. The molecule has 156 valence electrons. The maximum atomic E-state index is 13.9. The largest absolute Gasteiger partial charge is 0.469 e. The Labute approximate surface area is 169 Å². The Morgan fingerprint density at radius 3 is 2.68 bits per heavy atom. The zero-order valence-corrected chi connectivity index (χ0v) is 18.0. The number of Topliss-reactive ketones (excluding diaryl/α,β-unsaturated/α-hetero) is 1. The van der Waals surface area contributed by atoms with Gasteiger partial charge >= 0.3 is 5.97 Å². The average Bonchev–Trinajstić information content (AvgIpc) is 2.98. The zero-order valence-electron chi connectivity index (χ0n) is 18.0. The third-order valence-corrected chi connectivity index (χ3v) is 10.3. The van der Waals surface area contributed by atoms with Gasteiger partial charge in [-0.25, -0.2) is 0 Å². The van der Waals surface area contributed by atoms with Crippen molar-refractivity contribution in [2.24, 2.45) is 40.4 Å². The smallest absolute Gasteiger partial charge is 0.305 e. The van der Waals surface area contributed by atoms with Crippen LogP contribution in [0.5, 0.6) is 0 Å². The summed E-state index contributed by atoms with van der Waals surface area (Å²) in [5.41, 5.74) is -0.468. The molecule has 6 aliphatic rings. The van der Waals surface area contributed by atoms with Crippen molar-refractivity contribution < 1.29 is 19.1 Å². The number of esters is 1. The Hall–Kier alpha value is -0.900. The first-order chi connectivity index (χ1) is 13.3. The summed E-state index contributed by atoms with van der Waals surface area (Å²) in [6, 6.07) is 0. The molecule has 9 atom stereocenters. The van der Waals surface area contributed by atoms with Crippen molar-refractivity contribution >= 4 is 11.8 Å². The molecule has 4 saturated carbocycles. The van der Waals surface area contributed by atoms with Gasteiger partial charge in [-0.15, -0.1) is 0 Å². The summed E-state index contributed by atoms with van der Waals surface area (Å²) in [6.07, 6.45) is 9.60. The average molecular weight is 389 g/mol. The van der Waals surface area contributed by atoms with Gasteiger partial charge in [-0.2, -0.15) is 0 Å². The molecule has 0 amide bonds. The molecule has 1 spiro atoms. The van der Waals surface area contributed by atoms with Crippen LogP contribution in [0.25, 0.3) is 0 Å². The summed E-state index contributed by atoms with van der Waals surface area (Å²) in [5.74, 6) is 2.54. The first kappa shape index (κ1) is 19.1. The van der Waals surface area contributed by atoms with E-state index in [0.717, 1.165) is 25.7 Å². The fraction of sp³-hybridized carbons (Fsp3) is 0.917. The van der Waals surface area contributed by atoms with Gasteiger partial charge in [0, 0.05) is 18.3 Å². The van der Waals surface area contributed by atoms with Crippen LogP contribution in [-0.2, 0) is 19.1 Å². The van der Waals surface area contributed by atoms with Gasteiger partial charge in [0.25, 0.3) is 0 Å². The second-order valence-electron chi connectivity index (χ2n) is 11.2. The zero-order chi connectivity index (χ0) is 19.9. The molecule has 28 heavy (non-hydrogen) atoms. The van der Waals surface area contributed by atoms with Crippen molar-refractivity contribution in [1.82, 2.24) is 0 Å². The monoisotopic (exact) mass is 388 g/mol. The third-order valence-electron chi connectivity index (χ3n) is 10.3. The van der Waals surface area contributed by atoms with Crippen LogP contribution in [0, 0.1) is 40.4 Å². The lowest BCUT2D eigenvalue weighted by Gasteiger charge is -2.70. The Balaban J connectivity index is 1.50. The Bertz CT molecular complexity index is 703. The predicted octanol–water partition coefficient (Wildman–Crippen LogP) is 4.54. The number of ketones is 1. The highest BCUT2D eigenvalue weighted by molar-refractivity contribution is 5.91. The standard InChI is InChI=1S/C24H36O4/c1-14(11-21(26)27-4)17-7-8-18-19-6-5-15-12-16-9-10-23(15,3)24(19,28-16)20(25)13-22(17,18)2/h14-19H,5-13H2,1-4H3/t14-,15+,16+,17+,18-,19-,22+,23-,24-/m0/s1. The summed E-state index contributed by atoms with van der Waals surface area (Å²) in [4.78, 5) is 25.8. The molecule has 4 heteroatoms. The predicted molar refractivity (Wildman–Crippen MR) is 106 cm³/mol. The molecule has 2 saturated heterocycles. The molecule has 0 aromatic heterocycles. The van der Waals surface area contributed by atoms with E-state index >= 15 is 0 Å². The Morgan fingerprint density at radius 2 is 1.93 bits per heavy atom. The molecule has 0 N–H and O–H groups in total. The highest BCUT2D eigenvalue weighted by Crippen LogP contribution is 2.72. The molecule has 2 aliphatic heterocycles. The lowest BCUT2D eigenvalue weighted by Crippen LogP contribution is -2.75. The van der Waals surface area contributed by atoms with Gasteiger partial charge in [-0.3, -0.25) is 9.59 Å². The van der Waals surface area contributed by atoms with E-state index in [4.69, 9.17) is 9.47 Å². The SMILES string of the molecule is COC(=O)C[C@H](C)[C@H]1CC[C@H]2[C@@H]3CC[C@@H]4C[C@H]5CC[C@]4(C)[C@@]3(O5)C(=O)C[C@]12C. The number of carbonyl (C=O) groups is 2. The fourth-order valence-electron chi connectivity index (χ4n) is 9.08. The molecule has 0 unspecified atom stereocenters.